The molecular formula is C66H66BrF8N16O21+. The Bertz CT molecular complexity index is 4870. The SMILES string of the molecule is CC(C)(C)OC(=O)Nc1cc[n+](N)cc1F.CC(C)(C)OC(=O)Nc1ccncc1F.CCOC(=O)c1cnn2ccc(Br)c(F)c12.CCOC(=O)c1cnn2ccc(C)c(F)c12.CCOC(=O)c1cnn2ccc(C)c(F)c12.O=C(NOc1ccc([N+](=O)[O-])cc1[N+](=O)[O-])C(F)(F)F.O=[N+]([O-])c1ccc(O)c([N+](=O)[O-])c1. The predicted octanol–water partition coefficient (Wildman–Crippen LogP) is 12.8. The molecular weight excluding hydrogens is 1580 g/mol. The summed E-state index contributed by atoms with van der Waals surface area (Å²) in [6.45, 7) is 19.5. The van der Waals surface area contributed by atoms with Gasteiger partial charge >= 0.3 is 53.6 Å². The number of nitro groups is 4. The summed E-state index contributed by atoms with van der Waals surface area (Å²) in [6, 6.07) is 12.0. The molecule has 0 radical (unpaired) electrons. The second kappa shape index (κ2) is 40.4. The standard InChI is InChI=1S/2C11H11FN2O2.C10H8BrFN2O2.C10H14FN3O2.C10H13FN2O2.C8H4F3N3O6.C6H4N2O5/c2*1-3-16-11(15)8-6-13-14-5-4-7(2)9(12)10(8)14;1-2-16-10(15)6-5-13-14-4-3-7(11)8(12)9(6)14;1-10(2,3)16-9(15)13-8-4-5-14(12)6-7(8)11;1-10(2,3)15-9(14)13-8-4-5-12-6-7(8)11;9-8(10,11)7(15)12-20-6-2-1-4(13(16)17)3-5(6)14(18)19;9-6-2-1-4(7(10)11)3-5(6)8(12)13/h2*4-6H,3H2,1-2H3;3-5H,2H2,1H3;4-6H,12H2,1-3H3;4-6H,1-3H3,(H,12,13,14);1-3H,(H,12,15);1-3,9H/p+1. The molecule has 2 aromatic carbocycles. The smallest absolute Gasteiger partial charge is 0.474 e. The third kappa shape index (κ3) is 26.8. The number of carbonyl (C=O) groups is 6. The molecule has 0 aliphatic heterocycles. The van der Waals surface area contributed by atoms with E-state index in [4.69, 9.17) is 34.6 Å². The average Bonchev–Trinajstić information content (AvgIpc) is 1.63. The zero-order valence-electron chi connectivity index (χ0n) is 60.2. The van der Waals surface area contributed by atoms with Crippen LogP contribution in [-0.2, 0) is 28.5 Å². The maximum absolute atomic E-state index is 13.8. The van der Waals surface area contributed by atoms with Gasteiger partial charge in [0.25, 0.3) is 11.4 Å². The van der Waals surface area contributed by atoms with Gasteiger partial charge in [-0.25, -0.2) is 60.9 Å². The number of fused-ring (bicyclic) bond motifs is 3. The summed E-state index contributed by atoms with van der Waals surface area (Å²) in [4.78, 5) is 113. The van der Waals surface area contributed by atoms with E-state index < -0.39 is 136 Å². The largest absolute Gasteiger partial charge is 0.502 e. The molecule has 0 bridgehead atoms. The number of nitrogens with zero attached hydrogens (tertiary/aromatic N) is 12. The molecule has 0 saturated heterocycles. The lowest BCUT2D eigenvalue weighted by atomic mass is 10.2. The first kappa shape index (κ1) is 90.5. The summed E-state index contributed by atoms with van der Waals surface area (Å²) in [5.74, 6) is -2.87. The van der Waals surface area contributed by atoms with Gasteiger partial charge < -0.3 is 33.6 Å². The number of pyridine rings is 5. The molecule has 46 heteroatoms. The zero-order valence-corrected chi connectivity index (χ0v) is 61.8. The molecule has 3 amide bonds. The van der Waals surface area contributed by atoms with Crippen molar-refractivity contribution in [3.63, 3.8) is 0 Å². The van der Waals surface area contributed by atoms with Gasteiger partial charge in [0.1, 0.15) is 44.4 Å². The number of nitro benzene ring substituents is 4. The number of alkyl halides is 3. The lowest BCUT2D eigenvalue weighted by Gasteiger charge is -2.19. The first-order chi connectivity index (χ1) is 52.2. The van der Waals surface area contributed by atoms with Gasteiger partial charge in [0.05, 0.1) is 92.3 Å². The van der Waals surface area contributed by atoms with Gasteiger partial charge in [-0.3, -0.25) is 60.9 Å². The van der Waals surface area contributed by atoms with Gasteiger partial charge in [-0.15, -0.1) is 0 Å². The van der Waals surface area contributed by atoms with Crippen molar-refractivity contribution >= 4 is 103 Å². The number of esters is 3. The molecule has 0 atom stereocenters. The number of aromatic hydroxyl groups is 1. The molecule has 0 aliphatic carbocycles. The highest BCUT2D eigenvalue weighted by atomic mass is 79.9. The number of hydrogen-bond donors (Lipinski definition) is 5. The number of nitrogens with two attached hydrogens (primary N) is 1. The van der Waals surface area contributed by atoms with Gasteiger partial charge in [0, 0.05) is 43.0 Å². The van der Waals surface area contributed by atoms with Crippen molar-refractivity contribution in [2.45, 2.75) is 93.5 Å². The molecule has 0 fully saturated rings. The summed E-state index contributed by atoms with van der Waals surface area (Å²) in [5.41, 5.74) is -1.10. The summed E-state index contributed by atoms with van der Waals surface area (Å²) in [6.07, 6.45) is 6.93. The second-order valence-electron chi connectivity index (χ2n) is 23.5. The summed E-state index contributed by atoms with van der Waals surface area (Å²) in [5, 5.41) is 66.6. The average molecular weight is 1650 g/mol. The van der Waals surface area contributed by atoms with Crippen LogP contribution in [0.2, 0.25) is 0 Å². The van der Waals surface area contributed by atoms with Gasteiger partial charge in [-0.1, -0.05) is 4.68 Å². The van der Waals surface area contributed by atoms with Crippen molar-refractivity contribution in [3.8, 4) is 11.5 Å². The lowest BCUT2D eigenvalue weighted by molar-refractivity contribution is -0.640. The molecule has 6 N–H and O–H groups in total. The normalized spacial score (nSPS) is 10.6. The number of carbonyl (C=O) groups excluding carboxylic acids is 6. The van der Waals surface area contributed by atoms with Crippen molar-refractivity contribution in [2.24, 2.45) is 0 Å². The van der Waals surface area contributed by atoms with E-state index in [2.05, 4.69) is 51.7 Å². The van der Waals surface area contributed by atoms with Crippen molar-refractivity contribution < 1.29 is 122 Å². The number of phenols is 1. The Morgan fingerprint density at radius 1 is 0.562 bits per heavy atom. The minimum absolute atomic E-state index is 0.0240. The molecule has 0 aliphatic rings. The lowest BCUT2D eigenvalue weighted by Crippen LogP contribution is -2.44. The third-order valence-corrected chi connectivity index (χ3v) is 13.5. The number of benzene rings is 2. The van der Waals surface area contributed by atoms with E-state index in [1.807, 2.05) is 0 Å². The van der Waals surface area contributed by atoms with E-state index in [0.29, 0.717) is 29.3 Å². The fourth-order valence-corrected chi connectivity index (χ4v) is 8.34. The quantitative estimate of drug-likeness (QED) is 0.0128. The Hall–Kier alpha value is -13.9. The second-order valence-corrected chi connectivity index (χ2v) is 24.3. The first-order valence-corrected chi connectivity index (χ1v) is 32.3. The third-order valence-electron chi connectivity index (χ3n) is 12.9. The van der Waals surface area contributed by atoms with E-state index in [0.717, 1.165) is 40.7 Å². The number of aromatic nitrogens is 8. The van der Waals surface area contributed by atoms with Crippen LogP contribution in [0.1, 0.15) is 105 Å². The monoisotopic (exact) mass is 1650 g/mol. The van der Waals surface area contributed by atoms with Crippen LogP contribution in [0.25, 0.3) is 16.6 Å². The van der Waals surface area contributed by atoms with E-state index in [1.165, 1.54) is 62.7 Å². The number of nitrogens with one attached hydrogen (secondary N) is 3. The number of aryl methyl sites for hydroxylation is 2. The van der Waals surface area contributed by atoms with Crippen LogP contribution in [0.4, 0.5) is 78.8 Å². The number of amides is 3. The van der Waals surface area contributed by atoms with Crippen LogP contribution in [0, 0.1) is 83.4 Å². The van der Waals surface area contributed by atoms with Gasteiger partial charge in [0.2, 0.25) is 24.0 Å². The number of anilines is 2. The number of hydroxylamine groups is 1. The summed E-state index contributed by atoms with van der Waals surface area (Å²) in [7, 11) is 0. The van der Waals surface area contributed by atoms with Crippen molar-refractivity contribution in [3.05, 3.63) is 231 Å². The van der Waals surface area contributed by atoms with Crippen molar-refractivity contribution in [1.29, 1.82) is 0 Å². The number of hydrogen-bond acceptors (Lipinski definition) is 26. The number of nitrogen functional groups attached to an aromatic ring is 1. The van der Waals surface area contributed by atoms with Gasteiger partial charge in [-0.05, 0) is 140 Å². The van der Waals surface area contributed by atoms with Crippen LogP contribution >= 0.6 is 15.9 Å². The molecule has 0 unspecified atom stereocenters. The Balaban J connectivity index is 0.000000276. The van der Waals surface area contributed by atoms with Crippen LogP contribution in [0.5, 0.6) is 11.5 Å². The molecule has 10 rings (SSSR count). The van der Waals surface area contributed by atoms with E-state index >= 15 is 0 Å². The Kier molecular flexibility index (Phi) is 32.6. The Morgan fingerprint density at radius 2 is 0.964 bits per heavy atom. The van der Waals surface area contributed by atoms with Crippen LogP contribution in [-0.4, -0.2) is 132 Å². The number of non-ortho nitro benzene ring substituents is 2. The van der Waals surface area contributed by atoms with E-state index in [-0.39, 0.29) is 68.9 Å². The number of ether oxygens (including phenoxy) is 5. The minimum Gasteiger partial charge on any atom is -0.502 e. The van der Waals surface area contributed by atoms with E-state index in [9.17, 15) is 104 Å². The minimum atomic E-state index is -5.24. The highest BCUT2D eigenvalue weighted by molar-refractivity contribution is 9.10. The topological polar surface area (TPSA) is 481 Å². The molecule has 0 spiro atoms. The van der Waals surface area contributed by atoms with Crippen molar-refractivity contribution in [2.75, 3.05) is 36.3 Å². The van der Waals surface area contributed by atoms with Crippen molar-refractivity contribution in [1.82, 2.24) is 39.3 Å². The molecule has 598 valence electrons. The number of rotatable bonds is 14. The Labute approximate surface area is 633 Å². The van der Waals surface area contributed by atoms with Crippen LogP contribution in [0.3, 0.4) is 0 Å². The predicted molar refractivity (Wildman–Crippen MR) is 377 cm³/mol. The highest BCUT2D eigenvalue weighted by Crippen LogP contribution is 2.32. The maximum Gasteiger partial charge on any atom is 0.474 e. The number of halogens is 9. The highest BCUT2D eigenvalue weighted by Gasteiger charge is 2.40. The van der Waals surface area contributed by atoms with Gasteiger partial charge in [0.15, 0.2) is 29.0 Å². The van der Waals surface area contributed by atoms with Crippen LogP contribution < -0.4 is 31.5 Å². The molecule has 10 aromatic rings. The molecule has 37 nitrogen and oxygen atoms in total. The zero-order chi connectivity index (χ0) is 84.4. The van der Waals surface area contributed by atoms with Gasteiger partial charge in [-0.2, -0.15) is 38.3 Å². The fourth-order valence-electron chi connectivity index (χ4n) is 8.03. The number of phenolic OH excluding ortho intramolecular Hbond substituents is 1. The molecule has 8 aromatic heterocycles. The fraction of sp³-hybridized carbons (Fsp3) is 0.258. The van der Waals surface area contributed by atoms with Crippen LogP contribution in [0.15, 0.2) is 133 Å². The summed E-state index contributed by atoms with van der Waals surface area (Å²) < 4.78 is 133. The molecule has 8 heterocycles. The summed E-state index contributed by atoms with van der Waals surface area (Å²) >= 11 is 3.06. The van der Waals surface area contributed by atoms with E-state index in [1.54, 1.807) is 107 Å². The first-order valence-electron chi connectivity index (χ1n) is 31.5. The Morgan fingerprint density at radius 3 is 1.35 bits per heavy atom. The maximum atomic E-state index is 13.8. The molecule has 0 saturated carbocycles. The molecule has 112 heavy (non-hydrogen) atoms.